The number of thiophene rings is 1. The van der Waals surface area contributed by atoms with E-state index in [2.05, 4.69) is 17.1 Å². The molecule has 0 spiro atoms. The van der Waals surface area contributed by atoms with Gasteiger partial charge in [0.1, 0.15) is 0 Å². The van der Waals surface area contributed by atoms with Gasteiger partial charge in [0.2, 0.25) is 0 Å². The molecule has 0 unspecified atom stereocenters. The first-order chi connectivity index (χ1) is 15.0. The van der Waals surface area contributed by atoms with Gasteiger partial charge in [-0.15, -0.1) is 11.3 Å². The van der Waals surface area contributed by atoms with E-state index in [4.69, 9.17) is 5.73 Å². The Bertz CT molecular complexity index is 1030. The van der Waals surface area contributed by atoms with Crippen LogP contribution in [-0.2, 0) is 6.54 Å². The highest BCUT2D eigenvalue weighted by atomic mass is 32.1. The Balaban J connectivity index is 1.38. The van der Waals surface area contributed by atoms with Crippen molar-refractivity contribution in [3.05, 3.63) is 71.1 Å². The highest BCUT2D eigenvalue weighted by Gasteiger charge is 2.28. The molecule has 0 atom stereocenters. The molecule has 0 aliphatic carbocycles. The summed E-state index contributed by atoms with van der Waals surface area (Å²) in [6.45, 7) is 4.83. The number of hydrogen-bond acceptors (Lipinski definition) is 5. The number of carbonyl (C=O) groups is 1. The van der Waals surface area contributed by atoms with Crippen LogP contribution in [0, 0.1) is 0 Å². The average Bonchev–Trinajstić information content (AvgIpc) is 3.32. The van der Waals surface area contributed by atoms with Crippen LogP contribution in [0.25, 0.3) is 10.4 Å². The smallest absolute Gasteiger partial charge is 0.255 e. The van der Waals surface area contributed by atoms with E-state index in [0.717, 1.165) is 48.6 Å². The molecule has 4 N–H and O–H groups in total. The van der Waals surface area contributed by atoms with Gasteiger partial charge in [-0.2, -0.15) is 0 Å². The van der Waals surface area contributed by atoms with Crippen LogP contribution in [0.15, 0.2) is 60.0 Å². The van der Waals surface area contributed by atoms with Crippen LogP contribution in [-0.4, -0.2) is 47.3 Å². The van der Waals surface area contributed by atoms with Crippen molar-refractivity contribution in [3.8, 4) is 10.4 Å². The molecule has 0 bridgehead atoms. The number of nitrogens with two attached hydrogens (primary N) is 1. The molecule has 31 heavy (non-hydrogen) atoms. The molecule has 1 amide bonds. The summed E-state index contributed by atoms with van der Waals surface area (Å²) in [6, 6.07) is 17.5. The number of anilines is 2. The molecule has 1 fully saturated rings. The second-order valence-corrected chi connectivity index (χ2v) is 12.7. The van der Waals surface area contributed by atoms with E-state index in [9.17, 15) is 9.69 Å². The van der Waals surface area contributed by atoms with Crippen molar-refractivity contribution in [2.45, 2.75) is 13.5 Å². The third kappa shape index (κ3) is 5.34. The zero-order valence-corrected chi connectivity index (χ0v) is 19.5. The van der Waals surface area contributed by atoms with E-state index in [1.807, 2.05) is 60.0 Å². The first-order valence-electron chi connectivity index (χ1n) is 10.6. The molecule has 0 saturated carbocycles. The van der Waals surface area contributed by atoms with Crippen molar-refractivity contribution in [1.29, 1.82) is 0 Å². The molecule has 2 heterocycles. The molecule has 2 aromatic carbocycles. The summed E-state index contributed by atoms with van der Waals surface area (Å²) in [5, 5.41) is 4.98. The van der Waals surface area contributed by atoms with E-state index in [1.165, 1.54) is 5.56 Å². The Morgan fingerprint density at radius 3 is 2.55 bits per heavy atom. The molecule has 1 aromatic heterocycles. The van der Waals surface area contributed by atoms with Crippen molar-refractivity contribution in [3.63, 3.8) is 0 Å². The van der Waals surface area contributed by atoms with Crippen molar-refractivity contribution in [2.24, 2.45) is 0 Å². The Labute approximate surface area is 188 Å². The summed E-state index contributed by atoms with van der Waals surface area (Å²) in [7, 11) is -1.67. The average molecular weight is 455 g/mol. The molecule has 7 heteroatoms. The maximum Gasteiger partial charge on any atom is 0.255 e. The second-order valence-electron chi connectivity index (χ2n) is 8.07. The summed E-state index contributed by atoms with van der Waals surface area (Å²) < 4.78 is 0. The zero-order valence-electron chi connectivity index (χ0n) is 17.8. The van der Waals surface area contributed by atoms with Crippen LogP contribution in [0.2, 0.25) is 0 Å². The maximum absolute atomic E-state index is 12.8. The van der Waals surface area contributed by atoms with Gasteiger partial charge in [-0.3, -0.25) is 9.69 Å². The number of hydrogen-bond donors (Lipinski definition) is 3. The molecular weight excluding hydrogens is 425 g/mol. The number of nitrogens with zero attached hydrogens (tertiary/aromatic N) is 1. The standard InChI is InChI=1S/C24H29N3O2PS/c1-2-30(29)13-11-27(12-14-30)17-18-5-7-19(8-6-18)24(28)26-22-16-20(9-10-21(22)25)23-4-3-15-31-23/h3-10,15-16,29H,2,11-14,17,25H2,1H3,(H,26,28). The summed E-state index contributed by atoms with van der Waals surface area (Å²) >= 11 is 1.65. The molecule has 4 rings (SSSR count). The maximum atomic E-state index is 12.8. The van der Waals surface area contributed by atoms with Crippen molar-refractivity contribution in [2.75, 3.05) is 42.6 Å². The fourth-order valence-corrected chi connectivity index (χ4v) is 6.72. The van der Waals surface area contributed by atoms with Crippen LogP contribution in [0.3, 0.4) is 0 Å². The third-order valence-electron chi connectivity index (χ3n) is 5.98. The van der Waals surface area contributed by atoms with E-state index in [1.54, 1.807) is 11.3 Å². The number of nitrogen functional groups attached to an aromatic ring is 1. The van der Waals surface area contributed by atoms with Gasteiger partial charge in [-0.1, -0.05) is 31.2 Å². The molecule has 3 aromatic rings. The lowest BCUT2D eigenvalue weighted by molar-refractivity contribution is 0.102. The molecule has 1 aliphatic rings. The topological polar surface area (TPSA) is 78.6 Å². The van der Waals surface area contributed by atoms with E-state index in [-0.39, 0.29) is 5.91 Å². The summed E-state index contributed by atoms with van der Waals surface area (Å²) in [4.78, 5) is 26.8. The van der Waals surface area contributed by atoms with E-state index in [0.29, 0.717) is 16.9 Å². The van der Waals surface area contributed by atoms with Crippen LogP contribution in [0.5, 0.6) is 0 Å². The Hall–Kier alpha value is -2.24. The van der Waals surface area contributed by atoms with Gasteiger partial charge in [0.05, 0.1) is 11.4 Å². The highest BCUT2D eigenvalue weighted by molar-refractivity contribution is 7.70. The quantitative estimate of drug-likeness (QED) is 0.361. The van der Waals surface area contributed by atoms with Gasteiger partial charge < -0.3 is 15.9 Å². The van der Waals surface area contributed by atoms with Gasteiger partial charge in [-0.25, -0.2) is 0 Å². The molecule has 1 aliphatic heterocycles. The minimum absolute atomic E-state index is 0.169. The van der Waals surface area contributed by atoms with Gasteiger partial charge >= 0.3 is 0 Å². The van der Waals surface area contributed by atoms with Crippen LogP contribution in [0.4, 0.5) is 11.4 Å². The monoisotopic (exact) mass is 454 g/mol. The first-order valence-corrected chi connectivity index (χ1v) is 13.8. The number of carbonyl (C=O) groups excluding carboxylic acids is 1. The predicted molar refractivity (Wildman–Crippen MR) is 133 cm³/mol. The van der Waals surface area contributed by atoms with Crippen LogP contribution in [0.1, 0.15) is 22.8 Å². The van der Waals surface area contributed by atoms with Gasteiger partial charge in [-0.05, 0) is 72.8 Å². The normalized spacial score (nSPS) is 16.2. The molecular formula is C24H29N3O2PS. The van der Waals surface area contributed by atoms with Crippen molar-refractivity contribution in [1.82, 2.24) is 4.90 Å². The van der Waals surface area contributed by atoms with Gasteiger partial charge in [0, 0.05) is 30.1 Å². The van der Waals surface area contributed by atoms with Crippen molar-refractivity contribution < 1.29 is 9.69 Å². The number of nitrogens with one attached hydrogen (secondary N) is 1. The summed E-state index contributed by atoms with van der Waals surface area (Å²) in [5.74, 6) is -0.169. The summed E-state index contributed by atoms with van der Waals surface area (Å²) in [6.07, 6.45) is 2.78. The Morgan fingerprint density at radius 1 is 1.16 bits per heavy atom. The molecule has 5 nitrogen and oxygen atoms in total. The first kappa shape index (κ1) is 22.0. The zero-order chi connectivity index (χ0) is 21.8. The van der Waals surface area contributed by atoms with Gasteiger partial charge in [0.25, 0.3) is 5.91 Å². The minimum atomic E-state index is -1.67. The SMILES string of the molecule is CC[P]1(O)CCN(Cc2ccc(C(=O)Nc3cc(-c4cccs4)ccc3N)cc2)CC1. The largest absolute Gasteiger partial charge is 0.397 e. The highest BCUT2D eigenvalue weighted by Crippen LogP contribution is 2.55. The lowest BCUT2D eigenvalue weighted by Gasteiger charge is -2.39. The Kier molecular flexibility index (Phi) is 6.73. The lowest BCUT2D eigenvalue weighted by atomic mass is 10.1. The predicted octanol–water partition coefficient (Wildman–Crippen LogP) is 5.01. The number of benzene rings is 2. The molecule has 163 valence electrons. The van der Waals surface area contributed by atoms with Crippen LogP contribution < -0.4 is 11.1 Å². The minimum Gasteiger partial charge on any atom is -0.397 e. The van der Waals surface area contributed by atoms with Gasteiger partial charge in [0.15, 0.2) is 0 Å². The fourth-order valence-electron chi connectivity index (χ4n) is 3.83. The third-order valence-corrected chi connectivity index (χ3v) is 10.1. The number of amides is 1. The Morgan fingerprint density at radius 2 is 1.90 bits per heavy atom. The fraction of sp³-hybridized carbons (Fsp3) is 0.292. The van der Waals surface area contributed by atoms with Crippen molar-refractivity contribution >= 4 is 36.1 Å². The summed E-state index contributed by atoms with van der Waals surface area (Å²) in [5.41, 5.74) is 10.1. The lowest BCUT2D eigenvalue weighted by Crippen LogP contribution is -2.36. The number of rotatable bonds is 6. The molecule has 1 saturated heterocycles. The second kappa shape index (κ2) is 9.49. The van der Waals surface area contributed by atoms with E-state index >= 15 is 0 Å². The van der Waals surface area contributed by atoms with E-state index < -0.39 is 7.49 Å². The van der Waals surface area contributed by atoms with Crippen LogP contribution >= 0.6 is 18.8 Å². The molecule has 1 radical (unpaired) electrons.